The van der Waals surface area contributed by atoms with Gasteiger partial charge in [-0.2, -0.15) is 5.10 Å². The van der Waals surface area contributed by atoms with Crippen molar-refractivity contribution in [1.29, 1.82) is 0 Å². The highest BCUT2D eigenvalue weighted by Crippen LogP contribution is 2.32. The van der Waals surface area contributed by atoms with E-state index >= 15 is 0 Å². The number of H-pyrrole nitrogens is 1. The van der Waals surface area contributed by atoms with E-state index in [9.17, 15) is 4.79 Å². The smallest absolute Gasteiger partial charge is 0.272 e. The predicted octanol–water partition coefficient (Wildman–Crippen LogP) is 2.28. The maximum Gasteiger partial charge on any atom is 0.272 e. The summed E-state index contributed by atoms with van der Waals surface area (Å²) < 4.78 is 1.94. The van der Waals surface area contributed by atoms with Gasteiger partial charge < -0.3 is 4.90 Å². The largest absolute Gasteiger partial charge is 0.329 e. The Morgan fingerprint density at radius 2 is 2.21 bits per heavy atom. The summed E-state index contributed by atoms with van der Waals surface area (Å²) in [6.45, 7) is 2.68. The van der Waals surface area contributed by atoms with E-state index in [2.05, 4.69) is 15.2 Å². The first kappa shape index (κ1) is 14.6. The summed E-state index contributed by atoms with van der Waals surface area (Å²) in [5.41, 5.74) is 1.43. The Balaban J connectivity index is 1.65. The number of nitrogens with zero attached hydrogens (tertiary/aromatic N) is 5. The third-order valence-corrected chi connectivity index (χ3v) is 4.41. The van der Waals surface area contributed by atoms with Gasteiger partial charge in [0.1, 0.15) is 17.3 Å². The number of rotatable bonds is 3. The van der Waals surface area contributed by atoms with Crippen LogP contribution in [0.4, 0.5) is 0 Å². The van der Waals surface area contributed by atoms with Gasteiger partial charge in [0.15, 0.2) is 0 Å². The highest BCUT2D eigenvalue weighted by Gasteiger charge is 2.32. The van der Waals surface area contributed by atoms with Crippen LogP contribution in [0.15, 0.2) is 42.9 Å². The van der Waals surface area contributed by atoms with Crippen LogP contribution in [-0.4, -0.2) is 42.1 Å². The van der Waals surface area contributed by atoms with E-state index < -0.39 is 0 Å². The number of aromatic amines is 1. The van der Waals surface area contributed by atoms with Gasteiger partial charge in [-0.3, -0.25) is 14.5 Å². The summed E-state index contributed by atoms with van der Waals surface area (Å²) in [6, 6.07) is 7.61. The number of aryl methyl sites for hydroxylation is 1. The van der Waals surface area contributed by atoms with Crippen molar-refractivity contribution in [2.24, 2.45) is 0 Å². The molecular weight excluding hydrogens is 304 g/mol. The van der Waals surface area contributed by atoms with E-state index in [1.165, 1.54) is 0 Å². The van der Waals surface area contributed by atoms with Crippen LogP contribution in [0.5, 0.6) is 0 Å². The average molecular weight is 322 g/mol. The molecule has 4 heterocycles. The fraction of sp³-hybridized carbons (Fsp3) is 0.294. The molecule has 1 atom stereocenters. The second-order valence-corrected chi connectivity index (χ2v) is 5.89. The zero-order valence-corrected chi connectivity index (χ0v) is 13.4. The minimum atomic E-state index is -0.0268. The molecule has 1 unspecified atom stereocenters. The Hall–Kier alpha value is -2.96. The highest BCUT2D eigenvalue weighted by molar-refractivity contribution is 5.92. The van der Waals surface area contributed by atoms with Gasteiger partial charge in [0.2, 0.25) is 0 Å². The number of amides is 1. The molecule has 3 aromatic rings. The maximum atomic E-state index is 12.7. The fourth-order valence-corrected chi connectivity index (χ4v) is 3.23. The normalized spacial score (nSPS) is 17.4. The Bertz CT molecular complexity index is 854. The molecule has 7 nitrogen and oxygen atoms in total. The lowest BCUT2D eigenvalue weighted by Gasteiger charge is -2.24. The number of hydrogen-bond donors (Lipinski definition) is 1. The molecule has 7 heteroatoms. The first-order chi connectivity index (χ1) is 11.7. The minimum absolute atomic E-state index is 0.00965. The molecule has 4 rings (SSSR count). The summed E-state index contributed by atoms with van der Waals surface area (Å²) in [5, 5.41) is 6.62. The minimum Gasteiger partial charge on any atom is -0.329 e. The first-order valence-corrected chi connectivity index (χ1v) is 8.01. The quantitative estimate of drug-likeness (QED) is 0.802. The summed E-state index contributed by atoms with van der Waals surface area (Å²) in [4.78, 5) is 23.6. The topological polar surface area (TPSA) is 79.7 Å². The number of carbonyl (C=O) groups excluding carboxylic acids is 1. The first-order valence-electron chi connectivity index (χ1n) is 8.01. The Labute approximate surface area is 139 Å². The van der Waals surface area contributed by atoms with Crippen LogP contribution in [0, 0.1) is 6.92 Å². The third kappa shape index (κ3) is 2.47. The second-order valence-electron chi connectivity index (χ2n) is 5.89. The van der Waals surface area contributed by atoms with Crippen LogP contribution in [0.2, 0.25) is 0 Å². The molecule has 0 bridgehead atoms. The number of nitrogens with one attached hydrogen (secondary N) is 1. The van der Waals surface area contributed by atoms with Gasteiger partial charge >= 0.3 is 0 Å². The van der Waals surface area contributed by atoms with Crippen LogP contribution in [0.3, 0.4) is 0 Å². The van der Waals surface area contributed by atoms with E-state index in [-0.39, 0.29) is 11.9 Å². The van der Waals surface area contributed by atoms with E-state index in [4.69, 9.17) is 4.98 Å². The van der Waals surface area contributed by atoms with Crippen molar-refractivity contribution >= 4 is 5.91 Å². The van der Waals surface area contributed by atoms with Gasteiger partial charge in [-0.15, -0.1) is 0 Å². The molecule has 0 spiro atoms. The monoisotopic (exact) mass is 322 g/mol. The Morgan fingerprint density at radius 3 is 2.96 bits per heavy atom. The van der Waals surface area contributed by atoms with Crippen molar-refractivity contribution in [3.05, 3.63) is 60.1 Å². The lowest BCUT2D eigenvalue weighted by molar-refractivity contribution is 0.0727. The molecule has 24 heavy (non-hydrogen) atoms. The zero-order valence-electron chi connectivity index (χ0n) is 13.4. The van der Waals surface area contributed by atoms with E-state index in [1.54, 1.807) is 18.5 Å². The molecule has 0 saturated carbocycles. The standard InChI is InChI=1S/C17H18N6O/c1-12-18-9-11-22(12)16-6-2-4-13(20-16)15-5-3-10-23(15)17(24)14-7-8-19-21-14/h2,4,6-9,11,15H,3,5,10H2,1H3,(H,19,21). The Morgan fingerprint density at radius 1 is 1.29 bits per heavy atom. The molecule has 0 radical (unpaired) electrons. The maximum absolute atomic E-state index is 12.7. The number of pyridine rings is 1. The van der Waals surface area contributed by atoms with Gasteiger partial charge in [0.25, 0.3) is 5.91 Å². The molecule has 1 aliphatic heterocycles. The predicted molar refractivity (Wildman–Crippen MR) is 87.7 cm³/mol. The highest BCUT2D eigenvalue weighted by atomic mass is 16.2. The van der Waals surface area contributed by atoms with Gasteiger partial charge in [0, 0.05) is 25.1 Å². The lowest BCUT2D eigenvalue weighted by Crippen LogP contribution is -2.31. The zero-order chi connectivity index (χ0) is 16.5. The van der Waals surface area contributed by atoms with Crippen LogP contribution < -0.4 is 0 Å². The SMILES string of the molecule is Cc1nccn1-c1cccc(C2CCCN2C(=O)c2ccn[nH]2)n1. The number of imidazole rings is 1. The number of aromatic nitrogens is 5. The van der Waals surface area contributed by atoms with Crippen molar-refractivity contribution in [2.75, 3.05) is 6.54 Å². The summed E-state index contributed by atoms with van der Waals surface area (Å²) in [7, 11) is 0. The van der Waals surface area contributed by atoms with Crippen molar-refractivity contribution < 1.29 is 4.79 Å². The van der Waals surface area contributed by atoms with Gasteiger partial charge in [-0.05, 0) is 38.0 Å². The summed E-state index contributed by atoms with van der Waals surface area (Å²) >= 11 is 0. The van der Waals surface area contributed by atoms with Crippen molar-refractivity contribution in [3.63, 3.8) is 0 Å². The number of carbonyl (C=O) groups is 1. The van der Waals surface area contributed by atoms with Gasteiger partial charge in [0.05, 0.1) is 11.7 Å². The molecular formula is C17H18N6O. The molecule has 122 valence electrons. The van der Waals surface area contributed by atoms with Gasteiger partial charge in [-0.1, -0.05) is 6.07 Å². The molecule has 0 aromatic carbocycles. The van der Waals surface area contributed by atoms with Crippen LogP contribution in [0.25, 0.3) is 5.82 Å². The van der Waals surface area contributed by atoms with E-state index in [0.717, 1.165) is 36.7 Å². The van der Waals surface area contributed by atoms with E-state index in [1.807, 2.05) is 40.8 Å². The van der Waals surface area contributed by atoms with E-state index in [0.29, 0.717) is 5.69 Å². The van der Waals surface area contributed by atoms with Crippen LogP contribution in [0.1, 0.15) is 40.9 Å². The second kappa shape index (κ2) is 5.92. The molecule has 1 amide bonds. The molecule has 0 aliphatic carbocycles. The summed E-state index contributed by atoms with van der Waals surface area (Å²) in [6.07, 6.45) is 7.13. The molecule has 3 aromatic heterocycles. The van der Waals surface area contributed by atoms with Crippen molar-refractivity contribution in [3.8, 4) is 5.82 Å². The molecule has 1 saturated heterocycles. The molecule has 1 fully saturated rings. The number of likely N-dealkylation sites (tertiary alicyclic amines) is 1. The van der Waals surface area contributed by atoms with Crippen molar-refractivity contribution in [2.45, 2.75) is 25.8 Å². The van der Waals surface area contributed by atoms with Gasteiger partial charge in [-0.25, -0.2) is 9.97 Å². The fourth-order valence-electron chi connectivity index (χ4n) is 3.23. The summed E-state index contributed by atoms with van der Waals surface area (Å²) in [5.74, 6) is 1.68. The average Bonchev–Trinajstić information content (AvgIpc) is 3.35. The lowest BCUT2D eigenvalue weighted by atomic mass is 10.1. The number of hydrogen-bond acceptors (Lipinski definition) is 4. The molecule has 1 aliphatic rings. The third-order valence-electron chi connectivity index (χ3n) is 4.41. The Kier molecular flexibility index (Phi) is 3.60. The van der Waals surface area contributed by atoms with Crippen LogP contribution >= 0.6 is 0 Å². The molecule has 1 N–H and O–H groups in total. The van der Waals surface area contributed by atoms with Crippen molar-refractivity contribution in [1.82, 2.24) is 29.6 Å². The van der Waals surface area contributed by atoms with Crippen LogP contribution in [-0.2, 0) is 0 Å².